The standard InChI is InChI=1S/C18H20N4O2S/c1-12-4-9-16(24-3)14(10-12)11-25-18-21-20-17(22(18)19)13-5-7-15(23-2)8-6-13/h4-10H,11,19H2,1-3H3. The predicted molar refractivity (Wildman–Crippen MR) is 99.5 cm³/mol. The van der Waals surface area contributed by atoms with Crippen molar-refractivity contribution in [1.29, 1.82) is 0 Å². The highest BCUT2D eigenvalue weighted by Gasteiger charge is 2.13. The number of nitrogen functional groups attached to an aromatic ring is 1. The number of hydrogen-bond donors (Lipinski definition) is 1. The van der Waals surface area contributed by atoms with Gasteiger partial charge in [-0.3, -0.25) is 0 Å². The Labute approximate surface area is 150 Å². The molecule has 3 rings (SSSR count). The van der Waals surface area contributed by atoms with Crippen molar-refractivity contribution in [2.45, 2.75) is 17.8 Å². The number of rotatable bonds is 6. The van der Waals surface area contributed by atoms with Crippen LogP contribution in [0, 0.1) is 6.92 Å². The minimum absolute atomic E-state index is 0.612. The molecule has 1 heterocycles. The fraction of sp³-hybridized carbons (Fsp3) is 0.222. The molecule has 2 N–H and O–H groups in total. The average molecular weight is 356 g/mol. The zero-order chi connectivity index (χ0) is 17.8. The molecule has 1 aromatic heterocycles. The second-order valence-electron chi connectivity index (χ2n) is 5.51. The zero-order valence-electron chi connectivity index (χ0n) is 14.4. The van der Waals surface area contributed by atoms with Gasteiger partial charge in [-0.15, -0.1) is 10.2 Å². The topological polar surface area (TPSA) is 75.2 Å². The summed E-state index contributed by atoms with van der Waals surface area (Å²) in [5.74, 6) is 9.13. The Morgan fingerprint density at radius 2 is 1.80 bits per heavy atom. The normalized spacial score (nSPS) is 10.7. The Kier molecular flexibility index (Phi) is 5.14. The van der Waals surface area contributed by atoms with Crippen LogP contribution in [0.25, 0.3) is 11.4 Å². The van der Waals surface area contributed by atoms with Crippen molar-refractivity contribution in [3.05, 3.63) is 53.6 Å². The minimum atomic E-state index is 0.612. The number of nitrogens with zero attached hydrogens (tertiary/aromatic N) is 3. The molecule has 0 saturated carbocycles. The molecule has 0 aliphatic carbocycles. The van der Waals surface area contributed by atoms with Crippen molar-refractivity contribution in [2.24, 2.45) is 0 Å². The van der Waals surface area contributed by atoms with Gasteiger partial charge in [0, 0.05) is 16.9 Å². The lowest BCUT2D eigenvalue weighted by Gasteiger charge is -2.09. The first-order valence-electron chi connectivity index (χ1n) is 7.73. The lowest BCUT2D eigenvalue weighted by atomic mass is 10.1. The van der Waals surface area contributed by atoms with Gasteiger partial charge in [-0.1, -0.05) is 29.5 Å². The molecule has 0 amide bonds. The van der Waals surface area contributed by atoms with E-state index in [-0.39, 0.29) is 0 Å². The number of ether oxygens (including phenoxy) is 2. The van der Waals surface area contributed by atoms with Gasteiger partial charge in [-0.05, 0) is 37.3 Å². The summed E-state index contributed by atoms with van der Waals surface area (Å²) in [4.78, 5) is 0. The van der Waals surface area contributed by atoms with Gasteiger partial charge in [0.05, 0.1) is 14.2 Å². The number of aromatic nitrogens is 3. The highest BCUT2D eigenvalue weighted by molar-refractivity contribution is 7.98. The molecule has 6 nitrogen and oxygen atoms in total. The van der Waals surface area contributed by atoms with Crippen LogP contribution in [0.3, 0.4) is 0 Å². The molecule has 0 fully saturated rings. The SMILES string of the molecule is COc1ccc(-c2nnc(SCc3cc(C)ccc3OC)n2N)cc1. The summed E-state index contributed by atoms with van der Waals surface area (Å²) in [5, 5.41) is 9.06. The molecule has 25 heavy (non-hydrogen) atoms. The molecule has 0 bridgehead atoms. The molecule has 2 aromatic carbocycles. The van der Waals surface area contributed by atoms with Crippen molar-refractivity contribution in [2.75, 3.05) is 20.1 Å². The lowest BCUT2D eigenvalue weighted by molar-refractivity contribution is 0.411. The molecular formula is C18H20N4O2S. The second kappa shape index (κ2) is 7.48. The van der Waals surface area contributed by atoms with Crippen molar-refractivity contribution >= 4 is 11.8 Å². The van der Waals surface area contributed by atoms with E-state index in [1.807, 2.05) is 36.4 Å². The molecule has 0 radical (unpaired) electrons. The number of aryl methyl sites for hydroxylation is 1. The van der Waals surface area contributed by atoms with E-state index in [2.05, 4.69) is 23.2 Å². The van der Waals surface area contributed by atoms with Crippen LogP contribution >= 0.6 is 11.8 Å². The summed E-state index contributed by atoms with van der Waals surface area (Å²) in [6.07, 6.45) is 0. The Bertz CT molecular complexity index is 862. The zero-order valence-corrected chi connectivity index (χ0v) is 15.2. The molecule has 130 valence electrons. The highest BCUT2D eigenvalue weighted by Crippen LogP contribution is 2.29. The fourth-order valence-corrected chi connectivity index (χ4v) is 3.31. The van der Waals surface area contributed by atoms with Gasteiger partial charge in [-0.25, -0.2) is 4.68 Å². The van der Waals surface area contributed by atoms with Crippen molar-refractivity contribution in [3.63, 3.8) is 0 Å². The maximum atomic E-state index is 6.18. The Morgan fingerprint density at radius 3 is 2.48 bits per heavy atom. The van der Waals surface area contributed by atoms with Crippen LogP contribution in [0.2, 0.25) is 0 Å². The van der Waals surface area contributed by atoms with E-state index in [0.29, 0.717) is 16.7 Å². The number of methoxy groups -OCH3 is 2. The quantitative estimate of drug-likeness (QED) is 0.540. The van der Waals surface area contributed by atoms with Crippen molar-refractivity contribution < 1.29 is 9.47 Å². The van der Waals surface area contributed by atoms with Gasteiger partial charge >= 0.3 is 0 Å². The van der Waals surface area contributed by atoms with E-state index in [1.165, 1.54) is 22.0 Å². The minimum Gasteiger partial charge on any atom is -0.497 e. The Hall–Kier alpha value is -2.67. The third-order valence-electron chi connectivity index (χ3n) is 3.81. The number of hydrogen-bond acceptors (Lipinski definition) is 6. The molecule has 7 heteroatoms. The summed E-state index contributed by atoms with van der Waals surface area (Å²) in [5.41, 5.74) is 3.17. The van der Waals surface area contributed by atoms with E-state index in [1.54, 1.807) is 14.2 Å². The molecule has 0 atom stereocenters. The molecule has 0 unspecified atom stereocenters. The van der Waals surface area contributed by atoms with Gasteiger partial charge < -0.3 is 15.3 Å². The number of benzene rings is 2. The summed E-state index contributed by atoms with van der Waals surface area (Å²) < 4.78 is 12.1. The summed E-state index contributed by atoms with van der Waals surface area (Å²) >= 11 is 1.52. The van der Waals surface area contributed by atoms with E-state index < -0.39 is 0 Å². The van der Waals surface area contributed by atoms with Crippen LogP contribution < -0.4 is 15.3 Å². The molecule has 0 spiro atoms. The third-order valence-corrected chi connectivity index (χ3v) is 4.80. The van der Waals surface area contributed by atoms with Crippen LogP contribution in [-0.2, 0) is 5.75 Å². The molecule has 0 aliphatic heterocycles. The first-order valence-corrected chi connectivity index (χ1v) is 8.72. The monoisotopic (exact) mass is 356 g/mol. The molecular weight excluding hydrogens is 336 g/mol. The van der Waals surface area contributed by atoms with Crippen molar-refractivity contribution in [3.8, 4) is 22.9 Å². The summed E-state index contributed by atoms with van der Waals surface area (Å²) in [6.45, 7) is 2.06. The van der Waals surface area contributed by atoms with Gasteiger partial charge in [0.15, 0.2) is 5.82 Å². The molecule has 0 saturated heterocycles. The first-order chi connectivity index (χ1) is 12.1. The second-order valence-corrected chi connectivity index (χ2v) is 6.45. The van der Waals surface area contributed by atoms with Gasteiger partial charge in [0.25, 0.3) is 0 Å². The maximum Gasteiger partial charge on any atom is 0.210 e. The fourth-order valence-electron chi connectivity index (χ4n) is 2.47. The maximum absolute atomic E-state index is 6.18. The number of thioether (sulfide) groups is 1. The predicted octanol–water partition coefficient (Wildman–Crippen LogP) is 3.28. The van der Waals surface area contributed by atoms with Gasteiger partial charge in [0.1, 0.15) is 11.5 Å². The Morgan fingerprint density at radius 1 is 1.04 bits per heavy atom. The molecule has 0 aliphatic rings. The number of nitrogens with two attached hydrogens (primary N) is 1. The molecule has 3 aromatic rings. The summed E-state index contributed by atoms with van der Waals surface area (Å²) in [7, 11) is 3.31. The van der Waals surface area contributed by atoms with Crippen LogP contribution in [0.5, 0.6) is 11.5 Å². The van der Waals surface area contributed by atoms with Crippen LogP contribution in [0.1, 0.15) is 11.1 Å². The van der Waals surface area contributed by atoms with Crippen LogP contribution in [0.4, 0.5) is 0 Å². The third kappa shape index (κ3) is 3.71. The summed E-state index contributed by atoms with van der Waals surface area (Å²) in [6, 6.07) is 13.7. The van der Waals surface area contributed by atoms with E-state index in [4.69, 9.17) is 15.3 Å². The van der Waals surface area contributed by atoms with Gasteiger partial charge in [0.2, 0.25) is 5.16 Å². The first kappa shape index (κ1) is 17.2. The van der Waals surface area contributed by atoms with Crippen molar-refractivity contribution in [1.82, 2.24) is 14.9 Å². The Balaban J connectivity index is 1.78. The lowest BCUT2D eigenvalue weighted by Crippen LogP contribution is -2.11. The highest BCUT2D eigenvalue weighted by atomic mass is 32.2. The van der Waals surface area contributed by atoms with E-state index >= 15 is 0 Å². The van der Waals surface area contributed by atoms with E-state index in [0.717, 1.165) is 22.6 Å². The van der Waals surface area contributed by atoms with Crippen LogP contribution in [0.15, 0.2) is 47.6 Å². The smallest absolute Gasteiger partial charge is 0.210 e. The average Bonchev–Trinajstić information content (AvgIpc) is 3.01. The van der Waals surface area contributed by atoms with E-state index in [9.17, 15) is 0 Å². The largest absolute Gasteiger partial charge is 0.497 e. The van der Waals surface area contributed by atoms with Crippen LogP contribution in [-0.4, -0.2) is 29.1 Å². The van der Waals surface area contributed by atoms with Gasteiger partial charge in [-0.2, -0.15) is 0 Å².